The van der Waals surface area contributed by atoms with Crippen molar-refractivity contribution in [3.8, 4) is 11.5 Å². The van der Waals surface area contributed by atoms with E-state index in [1.807, 2.05) is 48.5 Å². The lowest BCUT2D eigenvalue weighted by Gasteiger charge is -2.14. The average molecular weight is 493 g/mol. The number of amides is 1. The number of thiocarbonyl (C=S) groups is 1. The molecule has 9 heteroatoms. The van der Waals surface area contributed by atoms with Gasteiger partial charge < -0.3 is 14.6 Å². The number of carboxylic acids is 1. The van der Waals surface area contributed by atoms with Crippen LogP contribution >= 0.6 is 24.0 Å². The molecule has 34 heavy (non-hydrogen) atoms. The van der Waals surface area contributed by atoms with E-state index in [0.29, 0.717) is 28.6 Å². The third-order valence-corrected chi connectivity index (χ3v) is 6.15. The predicted octanol–water partition coefficient (Wildman–Crippen LogP) is 4.53. The molecule has 0 radical (unpaired) electrons. The maximum absolute atomic E-state index is 12.6. The van der Waals surface area contributed by atoms with E-state index >= 15 is 0 Å². The van der Waals surface area contributed by atoms with Crippen molar-refractivity contribution in [2.24, 2.45) is 0 Å². The van der Waals surface area contributed by atoms with Crippen molar-refractivity contribution in [3.63, 3.8) is 0 Å². The highest BCUT2D eigenvalue weighted by Crippen LogP contribution is 2.35. The molecule has 2 heterocycles. The quantitative estimate of drug-likeness (QED) is 0.344. The summed E-state index contributed by atoms with van der Waals surface area (Å²) >= 11 is 6.24. The number of nitrogens with zero attached hydrogens (tertiary/aromatic N) is 2. The van der Waals surface area contributed by atoms with E-state index in [1.54, 1.807) is 30.5 Å². The Hall–Kier alpha value is -3.69. The van der Waals surface area contributed by atoms with Gasteiger partial charge in [0.25, 0.3) is 5.91 Å². The van der Waals surface area contributed by atoms with E-state index < -0.39 is 18.4 Å². The molecular formula is C25H20N2O5S2. The van der Waals surface area contributed by atoms with Crippen LogP contribution in [0.3, 0.4) is 0 Å². The van der Waals surface area contributed by atoms with Gasteiger partial charge in [-0.3, -0.25) is 19.5 Å². The van der Waals surface area contributed by atoms with E-state index in [4.69, 9.17) is 26.8 Å². The van der Waals surface area contributed by atoms with Gasteiger partial charge in [0.15, 0.2) is 11.5 Å². The lowest BCUT2D eigenvalue weighted by molar-refractivity contribution is -0.140. The van der Waals surface area contributed by atoms with Gasteiger partial charge in [-0.2, -0.15) is 0 Å². The molecule has 0 atom stereocenters. The molecule has 1 amide bonds. The van der Waals surface area contributed by atoms with Gasteiger partial charge in [0.2, 0.25) is 0 Å². The van der Waals surface area contributed by atoms with Crippen LogP contribution in [0.4, 0.5) is 0 Å². The summed E-state index contributed by atoms with van der Waals surface area (Å²) in [5.41, 5.74) is 2.48. The number of hydrogen-bond acceptors (Lipinski definition) is 7. The van der Waals surface area contributed by atoms with Crippen molar-refractivity contribution >= 4 is 46.3 Å². The first-order valence-electron chi connectivity index (χ1n) is 10.3. The molecule has 1 N–H and O–H groups in total. The Balaban J connectivity index is 1.57. The molecule has 0 saturated carbocycles. The summed E-state index contributed by atoms with van der Waals surface area (Å²) in [5.74, 6) is -0.505. The van der Waals surface area contributed by atoms with E-state index in [0.717, 1.165) is 27.9 Å². The molecule has 1 fully saturated rings. The number of aromatic nitrogens is 1. The van der Waals surface area contributed by atoms with Crippen molar-refractivity contribution in [1.82, 2.24) is 9.88 Å². The van der Waals surface area contributed by atoms with Crippen LogP contribution in [0.2, 0.25) is 0 Å². The summed E-state index contributed by atoms with van der Waals surface area (Å²) in [6.45, 7) is 0.147. The molecule has 0 bridgehead atoms. The number of carbonyl (C=O) groups is 2. The second-order valence-corrected chi connectivity index (χ2v) is 8.93. The normalized spacial score (nSPS) is 14.5. The smallest absolute Gasteiger partial charge is 0.323 e. The van der Waals surface area contributed by atoms with Crippen LogP contribution in [0.5, 0.6) is 11.5 Å². The standard InChI is InChI=1S/C25H20N2O5S2/c28-23(29)14-27-24(30)22(34-25(27)33)13-18-9-10-20(32-16-19-8-4-5-11-26-19)21(12-18)31-15-17-6-2-1-3-7-17/h1-13H,14-16H2,(H,28,29). The Morgan fingerprint density at radius 2 is 1.79 bits per heavy atom. The van der Waals surface area contributed by atoms with Gasteiger partial charge in [-0.05, 0) is 41.5 Å². The van der Waals surface area contributed by atoms with Crippen LogP contribution in [-0.2, 0) is 22.8 Å². The average Bonchev–Trinajstić information content (AvgIpc) is 3.10. The summed E-state index contributed by atoms with van der Waals surface area (Å²) in [7, 11) is 0. The molecule has 2 aromatic carbocycles. The van der Waals surface area contributed by atoms with Crippen molar-refractivity contribution in [1.29, 1.82) is 0 Å². The van der Waals surface area contributed by atoms with Gasteiger partial charge in [0, 0.05) is 6.20 Å². The van der Waals surface area contributed by atoms with Crippen LogP contribution in [-0.4, -0.2) is 37.7 Å². The zero-order chi connectivity index (χ0) is 23.9. The molecule has 1 aliphatic rings. The first-order chi connectivity index (χ1) is 16.5. The fraction of sp³-hybridized carbons (Fsp3) is 0.120. The number of ether oxygens (including phenoxy) is 2. The molecular weight excluding hydrogens is 472 g/mol. The third kappa shape index (κ3) is 6.00. The summed E-state index contributed by atoms with van der Waals surface area (Å²) in [6.07, 6.45) is 3.37. The van der Waals surface area contributed by atoms with Crippen LogP contribution in [0, 0.1) is 0 Å². The monoisotopic (exact) mass is 492 g/mol. The summed E-state index contributed by atoms with van der Waals surface area (Å²) in [4.78, 5) is 29.3. The topological polar surface area (TPSA) is 89.0 Å². The van der Waals surface area contributed by atoms with Gasteiger partial charge in [-0.1, -0.05) is 66.4 Å². The molecule has 7 nitrogen and oxygen atoms in total. The second kappa shape index (κ2) is 11.0. The predicted molar refractivity (Wildman–Crippen MR) is 133 cm³/mol. The lowest BCUT2D eigenvalue weighted by atomic mass is 10.1. The number of hydrogen-bond donors (Lipinski definition) is 1. The Morgan fingerprint density at radius 3 is 2.53 bits per heavy atom. The van der Waals surface area contributed by atoms with E-state index in [9.17, 15) is 9.59 Å². The van der Waals surface area contributed by atoms with Crippen LogP contribution in [0.1, 0.15) is 16.8 Å². The highest BCUT2D eigenvalue weighted by atomic mass is 32.2. The maximum Gasteiger partial charge on any atom is 0.323 e. The third-order valence-electron chi connectivity index (χ3n) is 4.77. The maximum atomic E-state index is 12.6. The number of carbonyl (C=O) groups excluding carboxylic acids is 1. The van der Waals surface area contributed by atoms with E-state index in [-0.39, 0.29) is 10.9 Å². The molecule has 1 saturated heterocycles. The zero-order valence-electron chi connectivity index (χ0n) is 17.9. The van der Waals surface area contributed by atoms with Gasteiger partial charge in [-0.15, -0.1) is 0 Å². The minimum Gasteiger partial charge on any atom is -0.485 e. The number of aliphatic carboxylic acids is 1. The molecule has 0 aliphatic carbocycles. The van der Waals surface area contributed by atoms with Crippen molar-refractivity contribution < 1.29 is 24.2 Å². The van der Waals surface area contributed by atoms with Crippen LogP contribution in [0.25, 0.3) is 6.08 Å². The van der Waals surface area contributed by atoms with Gasteiger partial charge in [0.05, 0.1) is 10.6 Å². The Morgan fingerprint density at radius 1 is 1.03 bits per heavy atom. The first kappa shape index (κ1) is 23.5. The molecule has 0 unspecified atom stereocenters. The minimum atomic E-state index is -1.12. The second-order valence-electron chi connectivity index (χ2n) is 7.25. The number of carboxylic acid groups (broad SMARTS) is 1. The molecule has 4 rings (SSSR count). The summed E-state index contributed by atoms with van der Waals surface area (Å²) in [6, 6.07) is 20.7. The Labute approximate surface area is 206 Å². The number of thioether (sulfide) groups is 1. The van der Waals surface area contributed by atoms with Gasteiger partial charge in [-0.25, -0.2) is 0 Å². The number of rotatable bonds is 9. The molecule has 1 aliphatic heterocycles. The van der Waals surface area contributed by atoms with E-state index in [2.05, 4.69) is 4.98 Å². The van der Waals surface area contributed by atoms with Gasteiger partial charge in [0.1, 0.15) is 24.1 Å². The fourth-order valence-electron chi connectivity index (χ4n) is 3.14. The van der Waals surface area contributed by atoms with Crippen molar-refractivity contribution in [2.75, 3.05) is 6.54 Å². The highest BCUT2D eigenvalue weighted by molar-refractivity contribution is 8.26. The number of benzene rings is 2. The van der Waals surface area contributed by atoms with Crippen molar-refractivity contribution in [2.45, 2.75) is 13.2 Å². The molecule has 1 aromatic heterocycles. The Bertz CT molecular complexity index is 1230. The van der Waals surface area contributed by atoms with Crippen molar-refractivity contribution in [3.05, 3.63) is 94.7 Å². The Kier molecular flexibility index (Phi) is 7.56. The molecule has 3 aromatic rings. The molecule has 172 valence electrons. The fourth-order valence-corrected chi connectivity index (χ4v) is 4.40. The summed E-state index contributed by atoms with van der Waals surface area (Å²) < 4.78 is 12.2. The van der Waals surface area contributed by atoms with Crippen LogP contribution in [0.15, 0.2) is 77.8 Å². The zero-order valence-corrected chi connectivity index (χ0v) is 19.6. The highest BCUT2D eigenvalue weighted by Gasteiger charge is 2.33. The molecule has 0 spiro atoms. The SMILES string of the molecule is O=C(O)CN1C(=O)C(=Cc2ccc(OCc3ccccn3)c(OCc3ccccc3)c2)SC1=S. The van der Waals surface area contributed by atoms with E-state index in [1.165, 1.54) is 0 Å². The van der Waals surface area contributed by atoms with Crippen LogP contribution < -0.4 is 9.47 Å². The minimum absolute atomic E-state index is 0.217. The van der Waals surface area contributed by atoms with Gasteiger partial charge >= 0.3 is 5.97 Å². The largest absolute Gasteiger partial charge is 0.485 e. The summed E-state index contributed by atoms with van der Waals surface area (Å²) in [5, 5.41) is 9.02. The lowest BCUT2D eigenvalue weighted by Crippen LogP contribution is -2.33. The first-order valence-corrected chi connectivity index (χ1v) is 11.5. The number of pyridine rings is 1.